The lowest BCUT2D eigenvalue weighted by molar-refractivity contribution is -0.183. The summed E-state index contributed by atoms with van der Waals surface area (Å²) in [4.78, 5) is 0. The highest BCUT2D eigenvalue weighted by atomic mass is 28.4. The Morgan fingerprint density at radius 3 is 1.09 bits per heavy atom. The lowest BCUT2D eigenvalue weighted by Crippen LogP contribution is -2.75. The van der Waals surface area contributed by atoms with Crippen molar-refractivity contribution in [1.29, 1.82) is 0 Å². The van der Waals surface area contributed by atoms with Crippen LogP contribution in [0.25, 0.3) is 0 Å². The van der Waals surface area contributed by atoms with Crippen LogP contribution in [0.3, 0.4) is 0 Å². The number of rotatable bonds is 10. The Hall–Kier alpha value is -0.143. The van der Waals surface area contributed by atoms with Gasteiger partial charge in [0.05, 0.1) is 52.9 Å². The normalized spacial score (nSPS) is 28.5. The first kappa shape index (κ1) is 27.9. The standard InChI is InChI=1S/C25H46O9Si/c1-5-22(9-26-18-27-10-22)11-34-35(23(6-2)12-28-19-29-13-23,24(7-3)14-30-20-31-15-24)25(8-4)16-32-21-33-17-25/h5-21H2,1-4H3. The minimum absolute atomic E-state index is 0.210. The molecule has 4 aliphatic heterocycles. The molecule has 0 N–H and O–H groups in total. The Morgan fingerprint density at radius 2 is 0.800 bits per heavy atom. The van der Waals surface area contributed by atoms with E-state index in [0.717, 1.165) is 25.7 Å². The molecule has 0 radical (unpaired) electrons. The van der Waals surface area contributed by atoms with Crippen molar-refractivity contribution in [3.8, 4) is 0 Å². The highest BCUT2D eigenvalue weighted by Crippen LogP contribution is 2.69. The molecule has 4 aliphatic rings. The van der Waals surface area contributed by atoms with Crippen molar-refractivity contribution < 1.29 is 42.3 Å². The lowest BCUT2D eigenvalue weighted by atomic mass is 9.88. The average Bonchev–Trinajstić information content (AvgIpc) is 2.95. The number of hydrogen-bond acceptors (Lipinski definition) is 9. The molecule has 4 saturated heterocycles. The second kappa shape index (κ2) is 11.7. The third-order valence-corrected chi connectivity index (χ3v) is 16.4. The van der Waals surface area contributed by atoms with Crippen molar-refractivity contribution in [3.63, 3.8) is 0 Å². The van der Waals surface area contributed by atoms with E-state index in [1.165, 1.54) is 0 Å². The summed E-state index contributed by atoms with van der Waals surface area (Å²) in [6, 6.07) is 0. The molecule has 0 aromatic carbocycles. The van der Waals surface area contributed by atoms with Gasteiger partial charge in [-0.1, -0.05) is 27.7 Å². The minimum atomic E-state index is -3.05. The quantitative estimate of drug-likeness (QED) is 0.401. The Balaban J connectivity index is 1.90. The zero-order valence-corrected chi connectivity index (χ0v) is 23.2. The predicted octanol–water partition coefficient (Wildman–Crippen LogP) is 3.81. The molecule has 0 amide bonds. The van der Waals surface area contributed by atoms with Gasteiger partial charge in [0.25, 0.3) is 0 Å². The zero-order chi connectivity index (χ0) is 24.9. The van der Waals surface area contributed by atoms with Crippen molar-refractivity contribution in [1.82, 2.24) is 0 Å². The van der Waals surface area contributed by atoms with Crippen LogP contribution in [0, 0.1) is 5.41 Å². The molecule has 4 fully saturated rings. The van der Waals surface area contributed by atoms with Crippen LogP contribution in [-0.4, -0.2) is 95.0 Å². The maximum atomic E-state index is 7.66. The molecule has 0 aromatic rings. The molecule has 0 aliphatic carbocycles. The number of ether oxygens (including phenoxy) is 8. The van der Waals surface area contributed by atoms with Gasteiger partial charge in [0.15, 0.2) is 0 Å². The minimum Gasteiger partial charge on any atom is -0.414 e. The van der Waals surface area contributed by atoms with Crippen LogP contribution in [0.2, 0.25) is 15.1 Å². The first-order chi connectivity index (χ1) is 17.0. The SMILES string of the molecule is CCC1(CO[Si](C2(CC)COCOC2)(C2(CC)COCOC2)C2(CC)COCOC2)COCOC1. The average molecular weight is 519 g/mol. The molecule has 4 heterocycles. The Morgan fingerprint density at radius 1 is 0.486 bits per heavy atom. The fourth-order valence-electron chi connectivity index (χ4n) is 7.11. The summed E-state index contributed by atoms with van der Waals surface area (Å²) < 4.78 is 55.9. The van der Waals surface area contributed by atoms with E-state index >= 15 is 0 Å². The highest BCUT2D eigenvalue weighted by molar-refractivity contribution is 6.83. The van der Waals surface area contributed by atoms with E-state index in [0.29, 0.717) is 86.6 Å². The molecule has 4 rings (SSSR count). The van der Waals surface area contributed by atoms with Gasteiger partial charge in [-0.3, -0.25) is 0 Å². The summed E-state index contributed by atoms with van der Waals surface area (Å²) in [5.41, 5.74) is -0.210. The Bertz CT molecular complexity index is 587. The topological polar surface area (TPSA) is 83.1 Å². The maximum Gasteiger partial charge on any atom is 0.224 e. The predicted molar refractivity (Wildman–Crippen MR) is 130 cm³/mol. The summed E-state index contributed by atoms with van der Waals surface area (Å²) in [5.74, 6) is 0. The summed E-state index contributed by atoms with van der Waals surface area (Å²) in [6.07, 6.45) is 3.51. The molecule has 35 heavy (non-hydrogen) atoms. The highest BCUT2D eigenvalue weighted by Gasteiger charge is 2.76. The van der Waals surface area contributed by atoms with Crippen molar-refractivity contribution >= 4 is 8.32 Å². The molecule has 0 bridgehead atoms. The lowest BCUT2D eigenvalue weighted by Gasteiger charge is -2.66. The molecule has 0 unspecified atom stereocenters. The molecule has 0 aromatic heterocycles. The Kier molecular flexibility index (Phi) is 9.33. The van der Waals surface area contributed by atoms with Gasteiger partial charge in [0, 0.05) is 27.1 Å². The van der Waals surface area contributed by atoms with Gasteiger partial charge in [-0.2, -0.15) is 0 Å². The molecule has 0 spiro atoms. The summed E-state index contributed by atoms with van der Waals surface area (Å²) >= 11 is 0. The van der Waals surface area contributed by atoms with E-state index in [4.69, 9.17) is 42.3 Å². The van der Waals surface area contributed by atoms with E-state index in [2.05, 4.69) is 27.7 Å². The van der Waals surface area contributed by atoms with Crippen molar-refractivity contribution in [2.75, 3.05) is 86.6 Å². The number of hydrogen-bond donors (Lipinski definition) is 0. The van der Waals surface area contributed by atoms with Crippen LogP contribution >= 0.6 is 0 Å². The monoisotopic (exact) mass is 518 g/mol. The van der Waals surface area contributed by atoms with Gasteiger partial charge in [-0.25, -0.2) is 0 Å². The molecule has 0 atom stereocenters. The second-order valence-corrected chi connectivity index (χ2v) is 15.8. The largest absolute Gasteiger partial charge is 0.414 e. The molecule has 204 valence electrons. The second-order valence-electron chi connectivity index (χ2n) is 11.0. The van der Waals surface area contributed by atoms with Crippen LogP contribution in [-0.2, 0) is 42.3 Å². The van der Waals surface area contributed by atoms with Crippen LogP contribution in [0.4, 0.5) is 0 Å². The fraction of sp³-hybridized carbons (Fsp3) is 1.00. The molecule has 0 saturated carbocycles. The van der Waals surface area contributed by atoms with E-state index < -0.39 is 8.32 Å². The van der Waals surface area contributed by atoms with Gasteiger partial charge in [0.1, 0.15) is 27.2 Å². The third-order valence-electron chi connectivity index (χ3n) is 9.37. The van der Waals surface area contributed by atoms with E-state index in [9.17, 15) is 0 Å². The van der Waals surface area contributed by atoms with Crippen molar-refractivity contribution in [3.05, 3.63) is 0 Å². The van der Waals surface area contributed by atoms with Crippen molar-refractivity contribution in [2.24, 2.45) is 5.41 Å². The van der Waals surface area contributed by atoms with Gasteiger partial charge < -0.3 is 42.3 Å². The van der Waals surface area contributed by atoms with Crippen LogP contribution in [0.1, 0.15) is 53.4 Å². The fourth-order valence-corrected chi connectivity index (χ4v) is 15.2. The Labute approximate surface area is 211 Å². The van der Waals surface area contributed by atoms with E-state index in [-0.39, 0.29) is 20.5 Å². The van der Waals surface area contributed by atoms with Gasteiger partial charge in [-0.15, -0.1) is 0 Å². The summed E-state index contributed by atoms with van der Waals surface area (Å²) in [6.45, 7) is 15.5. The molecular weight excluding hydrogens is 472 g/mol. The van der Waals surface area contributed by atoms with E-state index in [1.807, 2.05) is 0 Å². The van der Waals surface area contributed by atoms with E-state index in [1.54, 1.807) is 0 Å². The van der Waals surface area contributed by atoms with Crippen molar-refractivity contribution in [2.45, 2.75) is 68.5 Å². The first-order valence-corrected chi connectivity index (χ1v) is 15.2. The zero-order valence-electron chi connectivity index (χ0n) is 22.2. The van der Waals surface area contributed by atoms with Crippen LogP contribution in [0.15, 0.2) is 0 Å². The maximum absolute atomic E-state index is 7.66. The van der Waals surface area contributed by atoms with Gasteiger partial charge in [-0.05, 0) is 25.7 Å². The first-order valence-electron chi connectivity index (χ1n) is 13.3. The van der Waals surface area contributed by atoms with Gasteiger partial charge in [0.2, 0.25) is 8.32 Å². The van der Waals surface area contributed by atoms with Gasteiger partial charge >= 0.3 is 0 Å². The smallest absolute Gasteiger partial charge is 0.224 e. The summed E-state index contributed by atoms with van der Waals surface area (Å²) in [7, 11) is -3.05. The van der Waals surface area contributed by atoms with Crippen LogP contribution in [0.5, 0.6) is 0 Å². The molecular formula is C25H46O9Si. The third kappa shape index (κ3) is 4.66. The molecule has 9 nitrogen and oxygen atoms in total. The summed E-state index contributed by atoms with van der Waals surface area (Å²) in [5, 5.41) is -0.968. The molecule has 10 heteroatoms. The van der Waals surface area contributed by atoms with Crippen LogP contribution < -0.4 is 0 Å².